The molecule has 8 heteroatoms. The van der Waals surface area contributed by atoms with Crippen molar-refractivity contribution in [3.05, 3.63) is 86.0 Å². The molecule has 0 saturated carbocycles. The molecule has 0 aliphatic rings. The largest absolute Gasteiger partial charge is 0.355 e. The van der Waals surface area contributed by atoms with E-state index in [-0.39, 0.29) is 17.2 Å². The maximum absolute atomic E-state index is 13.2. The van der Waals surface area contributed by atoms with Gasteiger partial charge in [0.2, 0.25) is 5.91 Å². The van der Waals surface area contributed by atoms with E-state index in [2.05, 4.69) is 16.4 Å². The SMILES string of the molecule is Cc1cc(C)cc(-n2c(SCC(=O)NCCc3ccc(Cl)cc3)nc3ccsc3c2=O)c1. The number of carbonyl (C=O) groups is 1. The quantitative estimate of drug-likeness (QED) is 0.291. The van der Waals surface area contributed by atoms with Crippen molar-refractivity contribution in [1.29, 1.82) is 0 Å². The van der Waals surface area contributed by atoms with Crippen molar-refractivity contribution >= 4 is 50.8 Å². The van der Waals surface area contributed by atoms with Crippen LogP contribution in [-0.4, -0.2) is 27.8 Å². The number of hydrogen-bond donors (Lipinski definition) is 1. The topological polar surface area (TPSA) is 64.0 Å². The third-order valence-electron chi connectivity index (χ3n) is 4.90. The van der Waals surface area contributed by atoms with Gasteiger partial charge in [0, 0.05) is 11.6 Å². The van der Waals surface area contributed by atoms with Crippen molar-refractivity contribution in [2.75, 3.05) is 12.3 Å². The summed E-state index contributed by atoms with van der Waals surface area (Å²) < 4.78 is 2.23. The molecule has 4 rings (SSSR count). The maximum Gasteiger partial charge on any atom is 0.276 e. The van der Waals surface area contributed by atoms with Crippen molar-refractivity contribution in [2.24, 2.45) is 0 Å². The molecule has 0 radical (unpaired) electrons. The highest BCUT2D eigenvalue weighted by molar-refractivity contribution is 7.99. The van der Waals surface area contributed by atoms with Crippen molar-refractivity contribution in [3.8, 4) is 5.69 Å². The van der Waals surface area contributed by atoms with Gasteiger partial charge in [0.15, 0.2) is 5.16 Å². The van der Waals surface area contributed by atoms with Crippen LogP contribution in [-0.2, 0) is 11.2 Å². The number of hydrogen-bond acceptors (Lipinski definition) is 5. The van der Waals surface area contributed by atoms with Crippen LogP contribution in [0.5, 0.6) is 0 Å². The second-order valence-electron chi connectivity index (χ2n) is 7.53. The summed E-state index contributed by atoms with van der Waals surface area (Å²) in [6.07, 6.45) is 0.722. The number of benzene rings is 2. The van der Waals surface area contributed by atoms with Crippen LogP contribution in [0.3, 0.4) is 0 Å². The molecule has 164 valence electrons. The van der Waals surface area contributed by atoms with Gasteiger partial charge in [-0.15, -0.1) is 11.3 Å². The third-order valence-corrected chi connectivity index (χ3v) is 6.98. The Hall–Kier alpha value is -2.61. The second-order valence-corrected chi connectivity index (χ2v) is 9.83. The molecule has 0 aliphatic heterocycles. The molecule has 5 nitrogen and oxygen atoms in total. The number of thioether (sulfide) groups is 1. The predicted octanol–water partition coefficient (Wildman–Crippen LogP) is 5.17. The van der Waals surface area contributed by atoms with Crippen LogP contribution in [0.2, 0.25) is 5.02 Å². The molecule has 32 heavy (non-hydrogen) atoms. The van der Waals surface area contributed by atoms with Gasteiger partial charge in [0.25, 0.3) is 5.56 Å². The molecule has 2 aromatic heterocycles. The molecule has 0 atom stereocenters. The lowest BCUT2D eigenvalue weighted by Gasteiger charge is -2.13. The van der Waals surface area contributed by atoms with Gasteiger partial charge in [-0.3, -0.25) is 14.2 Å². The molecule has 0 unspecified atom stereocenters. The summed E-state index contributed by atoms with van der Waals surface area (Å²) in [5, 5.41) is 6.00. The Labute approximate surface area is 199 Å². The standard InChI is InChI=1S/C24H22ClN3O2S2/c1-15-11-16(2)13-19(12-15)28-23(30)22-20(8-10-31-22)27-24(28)32-14-21(29)26-9-7-17-3-5-18(25)6-4-17/h3-6,8,10-13H,7,9,14H2,1-2H3,(H,26,29). The molecule has 0 aliphatic carbocycles. The fourth-order valence-electron chi connectivity index (χ4n) is 3.47. The van der Waals surface area contributed by atoms with Crippen molar-refractivity contribution in [1.82, 2.24) is 14.9 Å². The number of halogens is 1. The Morgan fingerprint density at radius 1 is 1.12 bits per heavy atom. The zero-order chi connectivity index (χ0) is 22.7. The highest BCUT2D eigenvalue weighted by atomic mass is 35.5. The van der Waals surface area contributed by atoms with Crippen LogP contribution in [0.25, 0.3) is 15.9 Å². The average molecular weight is 484 g/mol. The van der Waals surface area contributed by atoms with Crippen LogP contribution in [0.1, 0.15) is 16.7 Å². The number of amides is 1. The summed E-state index contributed by atoms with van der Waals surface area (Å²) in [6.45, 7) is 4.53. The Balaban J connectivity index is 1.51. The summed E-state index contributed by atoms with van der Waals surface area (Å²) in [4.78, 5) is 30.4. The first-order valence-electron chi connectivity index (χ1n) is 10.1. The minimum atomic E-state index is -0.111. The fraction of sp³-hybridized carbons (Fsp3) is 0.208. The van der Waals surface area contributed by atoms with Crippen LogP contribution in [0.15, 0.2) is 63.9 Å². The average Bonchev–Trinajstić information content (AvgIpc) is 3.22. The highest BCUT2D eigenvalue weighted by Gasteiger charge is 2.16. The lowest BCUT2D eigenvalue weighted by molar-refractivity contribution is -0.118. The monoisotopic (exact) mass is 483 g/mol. The lowest BCUT2D eigenvalue weighted by Crippen LogP contribution is -2.28. The zero-order valence-electron chi connectivity index (χ0n) is 17.7. The fourth-order valence-corrected chi connectivity index (χ4v) is 5.20. The second kappa shape index (κ2) is 9.90. The van der Waals surface area contributed by atoms with E-state index in [0.717, 1.165) is 28.8 Å². The Kier molecular flexibility index (Phi) is 6.98. The van der Waals surface area contributed by atoms with Crippen molar-refractivity contribution < 1.29 is 4.79 Å². The van der Waals surface area contributed by atoms with E-state index in [1.165, 1.54) is 23.1 Å². The molecule has 2 heterocycles. The summed E-state index contributed by atoms with van der Waals surface area (Å²) in [6, 6.07) is 15.4. The highest BCUT2D eigenvalue weighted by Crippen LogP contribution is 2.24. The summed E-state index contributed by atoms with van der Waals surface area (Å²) in [5.41, 5.74) is 4.55. The van der Waals surface area contributed by atoms with Crippen molar-refractivity contribution in [2.45, 2.75) is 25.4 Å². The van der Waals surface area contributed by atoms with Gasteiger partial charge < -0.3 is 5.32 Å². The Morgan fingerprint density at radius 3 is 2.56 bits per heavy atom. The van der Waals surface area contributed by atoms with E-state index in [0.29, 0.717) is 26.9 Å². The number of thiophene rings is 1. The number of carbonyl (C=O) groups excluding carboxylic acids is 1. The molecule has 2 aromatic carbocycles. The molecule has 0 fully saturated rings. The normalized spacial score (nSPS) is 11.1. The molecule has 0 spiro atoms. The van der Waals surface area contributed by atoms with Gasteiger partial charge in [-0.05, 0) is 72.7 Å². The van der Waals surface area contributed by atoms with Gasteiger partial charge in [-0.1, -0.05) is 41.6 Å². The third kappa shape index (κ3) is 5.23. The molecule has 4 aromatic rings. The number of nitrogens with zero attached hydrogens (tertiary/aromatic N) is 2. The number of aryl methyl sites for hydroxylation is 2. The Bertz CT molecular complexity index is 1310. The van der Waals surface area contributed by atoms with Crippen molar-refractivity contribution in [3.63, 3.8) is 0 Å². The molecule has 0 saturated heterocycles. The first kappa shape index (κ1) is 22.6. The van der Waals surface area contributed by atoms with Crippen LogP contribution in [0.4, 0.5) is 0 Å². The number of rotatable bonds is 7. The van der Waals surface area contributed by atoms with Gasteiger partial charge in [0.1, 0.15) is 4.70 Å². The molecule has 1 amide bonds. The minimum Gasteiger partial charge on any atom is -0.355 e. The smallest absolute Gasteiger partial charge is 0.276 e. The predicted molar refractivity (Wildman–Crippen MR) is 134 cm³/mol. The van der Waals surface area contributed by atoms with E-state index >= 15 is 0 Å². The van der Waals surface area contributed by atoms with Gasteiger partial charge in [-0.25, -0.2) is 4.98 Å². The number of aromatic nitrogens is 2. The maximum atomic E-state index is 13.2. The van der Waals surface area contributed by atoms with Gasteiger partial charge >= 0.3 is 0 Å². The van der Waals surface area contributed by atoms with E-state index < -0.39 is 0 Å². The summed E-state index contributed by atoms with van der Waals surface area (Å²) in [5.74, 6) is 0.0728. The first-order chi connectivity index (χ1) is 15.4. The van der Waals surface area contributed by atoms with Crippen LogP contribution < -0.4 is 10.9 Å². The molecule has 0 bridgehead atoms. The van der Waals surface area contributed by atoms with E-state index in [4.69, 9.17) is 11.6 Å². The van der Waals surface area contributed by atoms with E-state index in [1.54, 1.807) is 4.57 Å². The number of nitrogens with one attached hydrogen (secondary N) is 1. The van der Waals surface area contributed by atoms with Crippen LogP contribution in [0, 0.1) is 13.8 Å². The molecular weight excluding hydrogens is 462 g/mol. The summed E-state index contributed by atoms with van der Waals surface area (Å²) >= 11 is 8.56. The van der Waals surface area contributed by atoms with Gasteiger partial charge in [-0.2, -0.15) is 0 Å². The first-order valence-corrected chi connectivity index (χ1v) is 12.4. The van der Waals surface area contributed by atoms with Crippen LogP contribution >= 0.6 is 34.7 Å². The van der Waals surface area contributed by atoms with E-state index in [1.807, 2.05) is 61.7 Å². The Morgan fingerprint density at radius 2 is 1.84 bits per heavy atom. The zero-order valence-corrected chi connectivity index (χ0v) is 20.1. The molecular formula is C24H22ClN3O2S2. The van der Waals surface area contributed by atoms with E-state index in [9.17, 15) is 9.59 Å². The van der Waals surface area contributed by atoms with Gasteiger partial charge in [0.05, 0.1) is 17.0 Å². The minimum absolute atomic E-state index is 0.101. The lowest BCUT2D eigenvalue weighted by atomic mass is 10.1. The summed E-state index contributed by atoms with van der Waals surface area (Å²) in [7, 11) is 0. The molecule has 1 N–H and O–H groups in total. The number of fused-ring (bicyclic) bond motifs is 1.